The summed E-state index contributed by atoms with van der Waals surface area (Å²) in [5.74, 6) is -0.741. The van der Waals surface area contributed by atoms with Crippen molar-refractivity contribution in [2.24, 2.45) is 0 Å². The first kappa shape index (κ1) is 15.1. The lowest BCUT2D eigenvalue weighted by Crippen LogP contribution is -2.46. The van der Waals surface area contributed by atoms with Gasteiger partial charge in [0.05, 0.1) is 24.9 Å². The van der Waals surface area contributed by atoms with Crippen LogP contribution in [-0.4, -0.2) is 38.2 Å². The molecule has 6 nitrogen and oxygen atoms in total. The Morgan fingerprint density at radius 1 is 1.48 bits per heavy atom. The van der Waals surface area contributed by atoms with E-state index in [1.807, 2.05) is 0 Å². The maximum atomic E-state index is 13.1. The molecule has 0 radical (unpaired) electrons. The van der Waals surface area contributed by atoms with Crippen molar-refractivity contribution in [1.29, 1.82) is 0 Å². The predicted octanol–water partition coefficient (Wildman–Crippen LogP) is 0.966. The highest BCUT2D eigenvalue weighted by Gasteiger charge is 2.21. The Balaban J connectivity index is 2.06. The average Bonchev–Trinajstić information content (AvgIpc) is 2.87. The second-order valence-electron chi connectivity index (χ2n) is 5.43. The van der Waals surface area contributed by atoms with Crippen LogP contribution in [0.5, 0.6) is 0 Å². The van der Waals surface area contributed by atoms with Gasteiger partial charge in [0.15, 0.2) is 5.69 Å². The van der Waals surface area contributed by atoms with Crippen LogP contribution in [-0.2, 0) is 6.54 Å². The van der Waals surface area contributed by atoms with E-state index in [4.69, 9.17) is 5.11 Å². The highest BCUT2D eigenvalue weighted by Crippen LogP contribution is 2.07. The molecule has 1 heterocycles. The zero-order chi connectivity index (χ0) is 15.5. The number of carbonyl (C=O) groups is 1. The molecule has 1 aromatic carbocycles. The maximum absolute atomic E-state index is 13.1. The van der Waals surface area contributed by atoms with E-state index in [1.54, 1.807) is 26.0 Å². The second-order valence-corrected chi connectivity index (χ2v) is 5.43. The minimum absolute atomic E-state index is 0.146. The van der Waals surface area contributed by atoms with Gasteiger partial charge in [0.1, 0.15) is 5.82 Å². The third-order valence-electron chi connectivity index (χ3n) is 2.85. The molecule has 0 bridgehead atoms. The predicted molar refractivity (Wildman–Crippen MR) is 74.2 cm³/mol. The van der Waals surface area contributed by atoms with E-state index in [-0.39, 0.29) is 18.1 Å². The molecular weight excluding hydrogens is 275 g/mol. The fraction of sp³-hybridized carbons (Fsp3) is 0.357. The van der Waals surface area contributed by atoms with Crippen molar-refractivity contribution in [3.63, 3.8) is 0 Å². The van der Waals surface area contributed by atoms with Crippen LogP contribution in [0.4, 0.5) is 4.39 Å². The highest BCUT2D eigenvalue weighted by atomic mass is 19.1. The van der Waals surface area contributed by atoms with Crippen LogP contribution in [0, 0.1) is 5.82 Å². The van der Waals surface area contributed by atoms with E-state index in [0.717, 1.165) is 5.56 Å². The first-order valence-corrected chi connectivity index (χ1v) is 6.47. The summed E-state index contributed by atoms with van der Waals surface area (Å²) < 4.78 is 14.5. The molecule has 1 amide bonds. The summed E-state index contributed by atoms with van der Waals surface area (Å²) in [4.78, 5) is 11.9. The molecule has 1 aromatic heterocycles. The SMILES string of the molecule is CC(C)(CO)NC(=O)c1cn(Cc2cccc(F)c2)nn1. The monoisotopic (exact) mass is 292 g/mol. The van der Waals surface area contributed by atoms with Gasteiger partial charge in [0.25, 0.3) is 5.91 Å². The Bertz CT molecular complexity index is 639. The first-order chi connectivity index (χ1) is 9.89. The molecule has 21 heavy (non-hydrogen) atoms. The zero-order valence-corrected chi connectivity index (χ0v) is 11.9. The maximum Gasteiger partial charge on any atom is 0.273 e. The van der Waals surface area contributed by atoms with Crippen LogP contribution < -0.4 is 5.32 Å². The van der Waals surface area contributed by atoms with Gasteiger partial charge in [-0.05, 0) is 31.5 Å². The summed E-state index contributed by atoms with van der Waals surface area (Å²) in [7, 11) is 0. The van der Waals surface area contributed by atoms with Crippen molar-refractivity contribution in [3.8, 4) is 0 Å². The molecule has 2 rings (SSSR count). The zero-order valence-electron chi connectivity index (χ0n) is 11.9. The molecule has 0 aliphatic rings. The van der Waals surface area contributed by atoms with E-state index in [9.17, 15) is 9.18 Å². The fourth-order valence-electron chi connectivity index (χ4n) is 1.71. The van der Waals surface area contributed by atoms with Gasteiger partial charge in [-0.1, -0.05) is 17.3 Å². The number of nitrogens with zero attached hydrogens (tertiary/aromatic N) is 3. The number of aromatic nitrogens is 3. The van der Waals surface area contributed by atoms with Crippen molar-refractivity contribution in [2.75, 3.05) is 6.61 Å². The number of aliphatic hydroxyl groups excluding tert-OH is 1. The number of hydrogen-bond donors (Lipinski definition) is 2. The number of rotatable bonds is 5. The molecule has 0 fully saturated rings. The summed E-state index contributed by atoms with van der Waals surface area (Å²) in [6.45, 7) is 3.53. The van der Waals surface area contributed by atoms with E-state index >= 15 is 0 Å². The molecule has 7 heteroatoms. The lowest BCUT2D eigenvalue weighted by molar-refractivity contribution is 0.0864. The van der Waals surface area contributed by atoms with Gasteiger partial charge in [-0.25, -0.2) is 9.07 Å². The van der Waals surface area contributed by atoms with Crippen molar-refractivity contribution in [1.82, 2.24) is 20.3 Å². The van der Waals surface area contributed by atoms with Crippen molar-refractivity contribution < 1.29 is 14.3 Å². The Labute approximate surface area is 121 Å². The smallest absolute Gasteiger partial charge is 0.273 e. The van der Waals surface area contributed by atoms with E-state index < -0.39 is 11.4 Å². The number of carbonyl (C=O) groups excluding carboxylic acids is 1. The number of amides is 1. The number of aliphatic hydroxyl groups is 1. The third-order valence-corrected chi connectivity index (χ3v) is 2.85. The molecule has 2 N–H and O–H groups in total. The Hall–Kier alpha value is -2.28. The molecule has 0 saturated heterocycles. The van der Waals surface area contributed by atoms with Gasteiger partial charge in [-0.15, -0.1) is 5.10 Å². The molecule has 0 saturated carbocycles. The van der Waals surface area contributed by atoms with Gasteiger partial charge in [0, 0.05) is 0 Å². The summed E-state index contributed by atoms with van der Waals surface area (Å²) >= 11 is 0. The standard InChI is InChI=1S/C14H17FN4O2/c1-14(2,9-20)16-13(21)12-8-19(18-17-12)7-10-4-3-5-11(15)6-10/h3-6,8,20H,7,9H2,1-2H3,(H,16,21). The van der Waals surface area contributed by atoms with Gasteiger partial charge >= 0.3 is 0 Å². The molecular formula is C14H17FN4O2. The minimum atomic E-state index is -0.733. The number of halogens is 1. The third kappa shape index (κ3) is 4.09. The van der Waals surface area contributed by atoms with Crippen LogP contribution in [0.2, 0.25) is 0 Å². The molecule has 2 aromatic rings. The number of hydrogen-bond acceptors (Lipinski definition) is 4. The molecule has 0 aliphatic carbocycles. The summed E-state index contributed by atoms with van der Waals surface area (Å²) in [5, 5.41) is 19.4. The summed E-state index contributed by atoms with van der Waals surface area (Å²) in [5.41, 5.74) is 0.138. The van der Waals surface area contributed by atoms with Crippen LogP contribution in [0.1, 0.15) is 29.9 Å². The number of benzene rings is 1. The lowest BCUT2D eigenvalue weighted by atomic mass is 10.1. The fourth-order valence-corrected chi connectivity index (χ4v) is 1.71. The van der Waals surface area contributed by atoms with Gasteiger partial charge in [-0.2, -0.15) is 0 Å². The van der Waals surface area contributed by atoms with Crippen LogP contribution in [0.15, 0.2) is 30.5 Å². The van der Waals surface area contributed by atoms with Crippen molar-refractivity contribution in [3.05, 3.63) is 47.5 Å². The van der Waals surface area contributed by atoms with Gasteiger partial charge in [0.2, 0.25) is 0 Å². The van der Waals surface area contributed by atoms with Crippen molar-refractivity contribution >= 4 is 5.91 Å². The Kier molecular flexibility index (Phi) is 4.32. The minimum Gasteiger partial charge on any atom is -0.394 e. The second kappa shape index (κ2) is 6.01. The Morgan fingerprint density at radius 3 is 2.90 bits per heavy atom. The molecule has 0 unspecified atom stereocenters. The van der Waals surface area contributed by atoms with Crippen LogP contribution in [0.3, 0.4) is 0 Å². The van der Waals surface area contributed by atoms with E-state index in [2.05, 4.69) is 15.6 Å². The highest BCUT2D eigenvalue weighted by molar-refractivity contribution is 5.92. The summed E-state index contributed by atoms with van der Waals surface area (Å²) in [6.07, 6.45) is 1.48. The van der Waals surface area contributed by atoms with Gasteiger partial charge < -0.3 is 10.4 Å². The van der Waals surface area contributed by atoms with Gasteiger partial charge in [-0.3, -0.25) is 4.79 Å². The molecule has 0 atom stereocenters. The average molecular weight is 292 g/mol. The topological polar surface area (TPSA) is 80.0 Å². The van der Waals surface area contributed by atoms with E-state index in [1.165, 1.54) is 23.0 Å². The molecule has 112 valence electrons. The molecule has 0 spiro atoms. The van der Waals surface area contributed by atoms with Crippen molar-refractivity contribution in [2.45, 2.75) is 25.9 Å². The first-order valence-electron chi connectivity index (χ1n) is 6.47. The Morgan fingerprint density at radius 2 is 2.24 bits per heavy atom. The molecule has 0 aliphatic heterocycles. The summed E-state index contributed by atoms with van der Waals surface area (Å²) in [6, 6.07) is 6.13. The number of nitrogens with one attached hydrogen (secondary N) is 1. The van der Waals surface area contributed by atoms with Crippen LogP contribution in [0.25, 0.3) is 0 Å². The van der Waals surface area contributed by atoms with Crippen LogP contribution >= 0.6 is 0 Å². The van der Waals surface area contributed by atoms with E-state index in [0.29, 0.717) is 6.54 Å². The normalized spacial score (nSPS) is 11.4. The lowest BCUT2D eigenvalue weighted by Gasteiger charge is -2.22. The largest absolute Gasteiger partial charge is 0.394 e. The quantitative estimate of drug-likeness (QED) is 0.860.